The Morgan fingerprint density at radius 1 is 1.06 bits per heavy atom. The summed E-state index contributed by atoms with van der Waals surface area (Å²) in [6.45, 7) is 15.5. The molecule has 1 saturated heterocycles. The van der Waals surface area contributed by atoms with Crippen LogP contribution in [0.3, 0.4) is 0 Å². The van der Waals surface area contributed by atoms with Gasteiger partial charge in [0.05, 0.1) is 24.4 Å². The lowest BCUT2D eigenvalue weighted by atomic mass is 9.86. The molecule has 0 N–H and O–H groups in total. The van der Waals surface area contributed by atoms with Crippen molar-refractivity contribution < 1.29 is 9.53 Å². The van der Waals surface area contributed by atoms with Crippen molar-refractivity contribution >= 4 is 11.7 Å². The Balaban J connectivity index is 1.60. The number of morpholine rings is 1. The third kappa shape index (κ3) is 4.59. The molecular weight excluding hydrogens is 388 g/mol. The lowest BCUT2D eigenvalue weighted by Gasteiger charge is -2.38. The highest BCUT2D eigenvalue weighted by Gasteiger charge is 2.31. The summed E-state index contributed by atoms with van der Waals surface area (Å²) in [6, 6.07) is 8.05. The first kappa shape index (κ1) is 21.8. The normalized spacial score (nSPS) is 21.7. The molecule has 166 valence electrons. The van der Waals surface area contributed by atoms with Crippen LogP contribution in [0.25, 0.3) is 0 Å². The van der Waals surface area contributed by atoms with E-state index in [0.717, 1.165) is 48.0 Å². The molecule has 1 aromatic carbocycles. The molecule has 1 fully saturated rings. The van der Waals surface area contributed by atoms with Gasteiger partial charge in [0, 0.05) is 37.2 Å². The molecule has 0 saturated carbocycles. The second-order valence-electron chi connectivity index (χ2n) is 9.99. The Labute approximate surface area is 185 Å². The van der Waals surface area contributed by atoms with Gasteiger partial charge in [0.2, 0.25) is 0 Å². The van der Waals surface area contributed by atoms with E-state index in [1.54, 1.807) is 0 Å². The number of nitrogens with zero attached hydrogens (tertiary/aromatic N) is 4. The first-order valence-electron chi connectivity index (χ1n) is 11.3. The number of amides is 1. The van der Waals surface area contributed by atoms with E-state index in [-0.39, 0.29) is 23.5 Å². The Kier molecular flexibility index (Phi) is 5.77. The van der Waals surface area contributed by atoms with Crippen LogP contribution in [0.4, 0.5) is 5.82 Å². The van der Waals surface area contributed by atoms with Crippen molar-refractivity contribution in [3.8, 4) is 0 Å². The summed E-state index contributed by atoms with van der Waals surface area (Å²) in [6.07, 6.45) is 1.06. The van der Waals surface area contributed by atoms with Crippen molar-refractivity contribution in [2.24, 2.45) is 0 Å². The van der Waals surface area contributed by atoms with Crippen molar-refractivity contribution in [1.82, 2.24) is 14.9 Å². The lowest BCUT2D eigenvalue weighted by molar-refractivity contribution is -0.00560. The average Bonchev–Trinajstić information content (AvgIpc) is 2.71. The molecule has 2 aromatic rings. The SMILES string of the molecule is Cc1nc2c(c(N3CC(C)OC(C)C3)n1)CN(C(=O)c1ccc(C(C)(C)C)cc1)CC2. The number of carbonyl (C=O) groups excluding carboxylic acids is 1. The minimum Gasteiger partial charge on any atom is -0.372 e. The number of aromatic nitrogens is 2. The number of rotatable bonds is 2. The first-order valence-corrected chi connectivity index (χ1v) is 11.3. The smallest absolute Gasteiger partial charge is 0.254 e. The van der Waals surface area contributed by atoms with Crippen LogP contribution in [0.2, 0.25) is 0 Å². The highest BCUT2D eigenvalue weighted by Crippen LogP contribution is 2.30. The predicted octanol–water partition coefficient (Wildman–Crippen LogP) is 3.89. The first-order chi connectivity index (χ1) is 14.6. The van der Waals surface area contributed by atoms with Crippen LogP contribution in [-0.4, -0.2) is 52.6 Å². The van der Waals surface area contributed by atoms with Gasteiger partial charge in [-0.15, -0.1) is 0 Å². The minimum atomic E-state index is 0.0707. The number of hydrogen-bond donors (Lipinski definition) is 0. The van der Waals surface area contributed by atoms with Crippen molar-refractivity contribution in [2.75, 3.05) is 24.5 Å². The fourth-order valence-corrected chi connectivity index (χ4v) is 4.60. The van der Waals surface area contributed by atoms with Gasteiger partial charge in [0.15, 0.2) is 0 Å². The molecule has 4 rings (SSSR count). The summed E-state index contributed by atoms with van der Waals surface area (Å²) in [4.78, 5) is 27.0. The van der Waals surface area contributed by atoms with Crippen molar-refractivity contribution in [3.63, 3.8) is 0 Å². The molecule has 2 atom stereocenters. The number of aryl methyl sites for hydroxylation is 1. The number of hydrogen-bond acceptors (Lipinski definition) is 5. The predicted molar refractivity (Wildman–Crippen MR) is 123 cm³/mol. The Bertz CT molecular complexity index is 955. The van der Waals surface area contributed by atoms with Gasteiger partial charge in [-0.25, -0.2) is 9.97 Å². The van der Waals surface area contributed by atoms with Gasteiger partial charge in [-0.05, 0) is 43.9 Å². The molecule has 6 nitrogen and oxygen atoms in total. The van der Waals surface area contributed by atoms with E-state index in [1.165, 1.54) is 5.56 Å². The van der Waals surface area contributed by atoms with Crippen molar-refractivity contribution in [1.29, 1.82) is 0 Å². The zero-order chi connectivity index (χ0) is 22.3. The molecule has 31 heavy (non-hydrogen) atoms. The number of fused-ring (bicyclic) bond motifs is 1. The second kappa shape index (κ2) is 8.23. The van der Waals surface area contributed by atoms with Crippen LogP contribution >= 0.6 is 0 Å². The van der Waals surface area contributed by atoms with Gasteiger partial charge in [0.1, 0.15) is 11.6 Å². The van der Waals surface area contributed by atoms with Gasteiger partial charge < -0.3 is 14.5 Å². The molecule has 0 aliphatic carbocycles. The van der Waals surface area contributed by atoms with E-state index in [4.69, 9.17) is 14.7 Å². The Hall–Kier alpha value is -2.47. The van der Waals surface area contributed by atoms with Crippen LogP contribution < -0.4 is 4.90 Å². The van der Waals surface area contributed by atoms with Crippen LogP contribution in [0.1, 0.15) is 67.6 Å². The largest absolute Gasteiger partial charge is 0.372 e. The van der Waals surface area contributed by atoms with Crippen molar-refractivity contribution in [2.45, 2.75) is 72.1 Å². The van der Waals surface area contributed by atoms with Gasteiger partial charge in [-0.2, -0.15) is 0 Å². The Morgan fingerprint density at radius 2 is 1.71 bits per heavy atom. The summed E-state index contributed by atoms with van der Waals surface area (Å²) >= 11 is 0. The zero-order valence-corrected chi connectivity index (χ0v) is 19.6. The molecule has 0 radical (unpaired) electrons. The van der Waals surface area contributed by atoms with Crippen LogP contribution in [0.15, 0.2) is 24.3 Å². The number of benzene rings is 1. The molecule has 1 amide bonds. The Morgan fingerprint density at radius 3 is 2.32 bits per heavy atom. The van der Waals surface area contributed by atoms with E-state index in [2.05, 4.69) is 51.7 Å². The fraction of sp³-hybridized carbons (Fsp3) is 0.560. The van der Waals surface area contributed by atoms with Gasteiger partial charge in [-0.1, -0.05) is 32.9 Å². The molecular formula is C25H34N4O2. The summed E-state index contributed by atoms with van der Waals surface area (Å²) in [5.74, 6) is 1.82. The van der Waals surface area contributed by atoms with E-state index >= 15 is 0 Å². The quantitative estimate of drug-likeness (QED) is 0.735. The third-order valence-electron chi connectivity index (χ3n) is 6.15. The van der Waals surface area contributed by atoms with Gasteiger partial charge in [-0.3, -0.25) is 4.79 Å². The standard InChI is InChI=1S/C25H34N4O2/c1-16-13-29(14-17(2)31-16)23-21-15-28(12-11-22(21)26-18(3)27-23)24(30)19-7-9-20(10-8-19)25(4,5)6/h7-10,16-17H,11-15H2,1-6H3. The molecule has 2 aliphatic heterocycles. The molecule has 2 aliphatic rings. The van der Waals surface area contributed by atoms with E-state index in [9.17, 15) is 4.79 Å². The van der Waals surface area contributed by atoms with Crippen LogP contribution in [0.5, 0.6) is 0 Å². The molecule has 2 unspecified atom stereocenters. The molecule has 0 bridgehead atoms. The van der Waals surface area contributed by atoms with Gasteiger partial charge >= 0.3 is 0 Å². The fourth-order valence-electron chi connectivity index (χ4n) is 4.60. The van der Waals surface area contributed by atoms with Crippen molar-refractivity contribution in [3.05, 3.63) is 52.5 Å². The molecule has 0 spiro atoms. The molecule has 3 heterocycles. The van der Waals surface area contributed by atoms with E-state index in [1.807, 2.05) is 24.0 Å². The monoisotopic (exact) mass is 422 g/mol. The summed E-state index contributed by atoms with van der Waals surface area (Å²) in [5.41, 5.74) is 4.19. The third-order valence-corrected chi connectivity index (χ3v) is 6.15. The minimum absolute atomic E-state index is 0.0707. The number of ether oxygens (including phenoxy) is 1. The molecule has 1 aromatic heterocycles. The number of carbonyl (C=O) groups is 1. The topological polar surface area (TPSA) is 58.6 Å². The van der Waals surface area contributed by atoms with Crippen LogP contribution in [0, 0.1) is 6.92 Å². The summed E-state index contributed by atoms with van der Waals surface area (Å²) in [7, 11) is 0. The molecule has 6 heteroatoms. The van der Waals surface area contributed by atoms with E-state index < -0.39 is 0 Å². The van der Waals surface area contributed by atoms with Gasteiger partial charge in [0.25, 0.3) is 5.91 Å². The van der Waals surface area contributed by atoms with Crippen LogP contribution in [-0.2, 0) is 23.1 Å². The highest BCUT2D eigenvalue weighted by atomic mass is 16.5. The average molecular weight is 423 g/mol. The zero-order valence-electron chi connectivity index (χ0n) is 19.6. The maximum atomic E-state index is 13.3. The summed E-state index contributed by atoms with van der Waals surface area (Å²) in [5, 5.41) is 0. The van der Waals surface area contributed by atoms with E-state index in [0.29, 0.717) is 13.1 Å². The maximum Gasteiger partial charge on any atom is 0.254 e. The summed E-state index contributed by atoms with van der Waals surface area (Å²) < 4.78 is 5.91. The second-order valence-corrected chi connectivity index (χ2v) is 9.99. The lowest BCUT2D eigenvalue weighted by Crippen LogP contribution is -2.47. The number of anilines is 1. The maximum absolute atomic E-state index is 13.3. The highest BCUT2D eigenvalue weighted by molar-refractivity contribution is 5.94.